The summed E-state index contributed by atoms with van der Waals surface area (Å²) < 4.78 is 0. The first kappa shape index (κ1) is 45.4. The number of hydrogen-bond donors (Lipinski definition) is 9. The standard InChI is InChI=1S/C36H54N8O11/c1-6-19(4)30(34(52)42-29(18(2)3)36(54)55)43-33(51)26-8-7-15-44(26)35(53)25(16-21-9-11-22(46)12-10-21)41-32(50)24(17-28(38)48)40-31(49)23(39-20(5)45)13-14-27(37)47/h9-12,18-19,23-26,29-30,46H,6-8,13-17H2,1-5H3,(H2,37,47)(H2,38,48)(H,39,45)(H,40,49)(H,41,50)(H,42,52)(H,43,51)(H,54,55)/t19-,23-,24-,25-,26-,29-,30-/m0/s1. The summed E-state index contributed by atoms with van der Waals surface area (Å²) in [4.78, 5) is 117. The highest BCUT2D eigenvalue weighted by Gasteiger charge is 2.41. The number of nitrogens with one attached hydrogen (secondary N) is 5. The van der Waals surface area contributed by atoms with Crippen molar-refractivity contribution in [1.29, 1.82) is 0 Å². The summed E-state index contributed by atoms with van der Waals surface area (Å²) in [6.45, 7) is 7.99. The van der Waals surface area contributed by atoms with E-state index in [1.807, 2.05) is 0 Å². The Bertz CT molecular complexity index is 1590. The molecule has 19 heteroatoms. The van der Waals surface area contributed by atoms with Gasteiger partial charge in [0.25, 0.3) is 0 Å². The Morgan fingerprint density at radius 1 is 0.800 bits per heavy atom. The van der Waals surface area contributed by atoms with Crippen molar-refractivity contribution in [3.05, 3.63) is 29.8 Å². The van der Waals surface area contributed by atoms with E-state index in [1.54, 1.807) is 27.7 Å². The molecule has 2 rings (SSSR count). The SMILES string of the molecule is CC[C@H](C)[C@H](NC(=O)[C@@H]1CCCN1C(=O)[C@H](Cc1ccc(O)cc1)NC(=O)[C@H](CC(N)=O)NC(=O)[C@H](CCC(N)=O)NC(C)=O)C(=O)N[C@H](C(=O)O)C(C)C. The van der Waals surface area contributed by atoms with Gasteiger partial charge in [0, 0.05) is 26.3 Å². The lowest BCUT2D eigenvalue weighted by molar-refractivity contribution is -0.145. The topological polar surface area (TPSA) is 310 Å². The number of primary amides is 2. The van der Waals surface area contributed by atoms with Crippen LogP contribution < -0.4 is 38.1 Å². The number of benzene rings is 1. The molecule has 1 saturated heterocycles. The molecule has 304 valence electrons. The van der Waals surface area contributed by atoms with Gasteiger partial charge in [0.05, 0.1) is 6.42 Å². The maximum atomic E-state index is 14.3. The Labute approximate surface area is 319 Å². The van der Waals surface area contributed by atoms with Gasteiger partial charge in [-0.3, -0.25) is 38.4 Å². The van der Waals surface area contributed by atoms with Gasteiger partial charge in [0.15, 0.2) is 0 Å². The highest BCUT2D eigenvalue weighted by atomic mass is 16.4. The van der Waals surface area contributed by atoms with Crippen molar-refractivity contribution in [2.24, 2.45) is 23.3 Å². The fourth-order valence-corrected chi connectivity index (χ4v) is 6.03. The van der Waals surface area contributed by atoms with E-state index in [2.05, 4.69) is 26.6 Å². The van der Waals surface area contributed by atoms with Crippen LogP contribution in [0.25, 0.3) is 0 Å². The number of carbonyl (C=O) groups excluding carboxylic acids is 8. The maximum absolute atomic E-state index is 14.3. The Morgan fingerprint density at radius 2 is 1.40 bits per heavy atom. The van der Waals surface area contributed by atoms with Crippen LogP contribution in [-0.2, 0) is 49.6 Å². The van der Waals surface area contributed by atoms with Crippen LogP contribution in [0.4, 0.5) is 0 Å². The number of phenols is 1. The second kappa shape index (κ2) is 21.2. The highest BCUT2D eigenvalue weighted by Crippen LogP contribution is 2.22. The summed E-state index contributed by atoms with van der Waals surface area (Å²) in [6, 6.07) is -2.03. The molecule has 11 N–H and O–H groups in total. The molecular formula is C36H54N8O11. The minimum absolute atomic E-state index is 0.0656. The summed E-state index contributed by atoms with van der Waals surface area (Å²) in [6.07, 6.45) is -0.352. The molecule has 1 aliphatic rings. The van der Waals surface area contributed by atoms with Gasteiger partial charge in [0.1, 0.15) is 42.0 Å². The first-order valence-corrected chi connectivity index (χ1v) is 18.1. The third-order valence-electron chi connectivity index (χ3n) is 9.26. The van der Waals surface area contributed by atoms with Gasteiger partial charge in [-0.15, -0.1) is 0 Å². The van der Waals surface area contributed by atoms with E-state index in [0.29, 0.717) is 18.4 Å². The van der Waals surface area contributed by atoms with Crippen LogP contribution in [0.2, 0.25) is 0 Å². The Hall–Kier alpha value is -5.75. The van der Waals surface area contributed by atoms with Crippen molar-refractivity contribution in [2.45, 2.75) is 116 Å². The molecule has 0 aliphatic carbocycles. The number of rotatable bonds is 21. The molecule has 0 spiro atoms. The van der Waals surface area contributed by atoms with E-state index >= 15 is 0 Å². The third-order valence-corrected chi connectivity index (χ3v) is 9.26. The molecule has 1 heterocycles. The molecule has 0 aromatic heterocycles. The lowest BCUT2D eigenvalue weighted by Crippen LogP contribution is -2.60. The fraction of sp³-hybridized carbons (Fsp3) is 0.583. The van der Waals surface area contributed by atoms with Crippen molar-refractivity contribution in [3.8, 4) is 5.75 Å². The predicted octanol–water partition coefficient (Wildman–Crippen LogP) is -1.70. The summed E-state index contributed by atoms with van der Waals surface area (Å²) in [5.41, 5.74) is 11.1. The molecule has 7 atom stereocenters. The Kier molecular flexibility index (Phi) is 17.5. The average Bonchev–Trinajstić information content (AvgIpc) is 3.60. The Balaban J connectivity index is 2.41. The third kappa shape index (κ3) is 14.2. The first-order valence-electron chi connectivity index (χ1n) is 18.1. The number of likely N-dealkylation sites (tertiary alicyclic amines) is 1. The van der Waals surface area contributed by atoms with E-state index in [9.17, 15) is 53.4 Å². The molecule has 0 unspecified atom stereocenters. The van der Waals surface area contributed by atoms with Crippen molar-refractivity contribution >= 4 is 53.2 Å². The molecule has 19 nitrogen and oxygen atoms in total. The molecule has 8 amide bonds. The van der Waals surface area contributed by atoms with Crippen molar-refractivity contribution < 1.29 is 53.4 Å². The molecule has 1 aliphatic heterocycles. The van der Waals surface area contributed by atoms with Crippen molar-refractivity contribution in [1.82, 2.24) is 31.5 Å². The zero-order chi connectivity index (χ0) is 41.6. The van der Waals surface area contributed by atoms with E-state index in [1.165, 1.54) is 29.2 Å². The second-order valence-electron chi connectivity index (χ2n) is 14.1. The van der Waals surface area contributed by atoms with E-state index in [0.717, 1.165) is 6.92 Å². The van der Waals surface area contributed by atoms with Gasteiger partial charge >= 0.3 is 5.97 Å². The molecule has 0 bridgehead atoms. The summed E-state index contributed by atoms with van der Waals surface area (Å²) in [5, 5.41) is 31.9. The molecule has 1 aromatic carbocycles. The monoisotopic (exact) mass is 774 g/mol. The maximum Gasteiger partial charge on any atom is 0.326 e. The van der Waals surface area contributed by atoms with Gasteiger partial charge < -0.3 is 53.2 Å². The van der Waals surface area contributed by atoms with Crippen LogP contribution in [0.5, 0.6) is 5.75 Å². The zero-order valence-corrected chi connectivity index (χ0v) is 31.8. The zero-order valence-electron chi connectivity index (χ0n) is 31.8. The number of nitrogens with zero attached hydrogens (tertiary/aromatic N) is 1. The smallest absolute Gasteiger partial charge is 0.326 e. The fourth-order valence-electron chi connectivity index (χ4n) is 6.03. The van der Waals surface area contributed by atoms with Crippen LogP contribution in [0.1, 0.15) is 78.7 Å². The van der Waals surface area contributed by atoms with Crippen LogP contribution >= 0.6 is 0 Å². The van der Waals surface area contributed by atoms with Crippen LogP contribution in [0, 0.1) is 11.8 Å². The summed E-state index contributed by atoms with van der Waals surface area (Å²) in [7, 11) is 0. The first-order chi connectivity index (χ1) is 25.7. The van der Waals surface area contributed by atoms with Gasteiger partial charge in [0.2, 0.25) is 47.3 Å². The minimum atomic E-state index is -1.64. The normalized spacial score (nSPS) is 17.1. The minimum Gasteiger partial charge on any atom is -0.508 e. The average molecular weight is 775 g/mol. The number of carbonyl (C=O) groups is 9. The molecule has 1 aromatic rings. The number of aliphatic carboxylic acids is 1. The number of hydrogen-bond acceptors (Lipinski definition) is 10. The predicted molar refractivity (Wildman–Crippen MR) is 196 cm³/mol. The van der Waals surface area contributed by atoms with Gasteiger partial charge in [-0.25, -0.2) is 4.79 Å². The second-order valence-corrected chi connectivity index (χ2v) is 14.1. The van der Waals surface area contributed by atoms with Gasteiger partial charge in [-0.2, -0.15) is 0 Å². The Morgan fingerprint density at radius 3 is 1.93 bits per heavy atom. The summed E-state index contributed by atoms with van der Waals surface area (Å²) >= 11 is 0. The highest BCUT2D eigenvalue weighted by molar-refractivity contribution is 5.98. The number of carboxylic acid groups (broad SMARTS) is 1. The van der Waals surface area contributed by atoms with Gasteiger partial charge in [-0.1, -0.05) is 46.2 Å². The van der Waals surface area contributed by atoms with Crippen LogP contribution in [-0.4, -0.2) is 111 Å². The van der Waals surface area contributed by atoms with Crippen molar-refractivity contribution in [3.63, 3.8) is 0 Å². The van der Waals surface area contributed by atoms with Crippen LogP contribution in [0.3, 0.4) is 0 Å². The van der Waals surface area contributed by atoms with Gasteiger partial charge in [-0.05, 0) is 48.8 Å². The van der Waals surface area contributed by atoms with Crippen LogP contribution in [0.15, 0.2) is 24.3 Å². The van der Waals surface area contributed by atoms with E-state index in [4.69, 9.17) is 11.5 Å². The number of phenolic OH excluding ortho intramolecular Hbond substituents is 1. The lowest BCUT2D eigenvalue weighted by atomic mass is 9.96. The number of aromatic hydroxyl groups is 1. The van der Waals surface area contributed by atoms with E-state index < -0.39 is 108 Å². The molecule has 55 heavy (non-hydrogen) atoms. The largest absolute Gasteiger partial charge is 0.508 e. The summed E-state index contributed by atoms with van der Waals surface area (Å²) in [5.74, 6) is -8.56. The quantitative estimate of drug-likeness (QED) is 0.0678. The molecular weight excluding hydrogens is 720 g/mol. The van der Waals surface area contributed by atoms with Crippen molar-refractivity contribution in [2.75, 3.05) is 6.54 Å². The molecule has 1 fully saturated rings. The lowest BCUT2D eigenvalue weighted by Gasteiger charge is -2.32. The number of amides is 8. The van der Waals surface area contributed by atoms with E-state index in [-0.39, 0.29) is 38.0 Å². The molecule has 0 radical (unpaired) electrons. The number of carboxylic acids is 1. The number of nitrogens with two attached hydrogens (primary N) is 2. The molecule has 0 saturated carbocycles.